The molecule has 1 aliphatic rings. The van der Waals surface area contributed by atoms with Gasteiger partial charge in [-0.15, -0.1) is 11.3 Å². The number of rotatable bonds is 5. The number of thiophene rings is 1. The van der Waals surface area contributed by atoms with Crippen molar-refractivity contribution in [2.45, 2.75) is 6.17 Å². The van der Waals surface area contributed by atoms with E-state index in [4.69, 9.17) is 14.4 Å². The Balaban J connectivity index is 1.12. The van der Waals surface area contributed by atoms with Gasteiger partial charge < -0.3 is 14.3 Å². The molecule has 3 aromatic heterocycles. The number of hydrogen-bond acceptors (Lipinski definition) is 5. The number of amidine groups is 2. The van der Waals surface area contributed by atoms with Crippen LogP contribution in [0.1, 0.15) is 22.9 Å². The Bertz CT molecular complexity index is 3450. The number of aromatic nitrogens is 1. The van der Waals surface area contributed by atoms with E-state index < -0.39 is 0 Å². The molecule has 11 aromatic rings. The molecule has 0 saturated carbocycles. The molecular formula is C51H32N4OS. The van der Waals surface area contributed by atoms with Gasteiger partial charge in [-0.3, -0.25) is 0 Å². The van der Waals surface area contributed by atoms with E-state index in [0.717, 1.165) is 61.2 Å². The molecule has 6 heteroatoms. The molecule has 5 nitrogen and oxygen atoms in total. The molecule has 0 fully saturated rings. The molecule has 0 bridgehead atoms. The highest BCUT2D eigenvalue weighted by Crippen LogP contribution is 2.43. The molecule has 8 aromatic carbocycles. The monoisotopic (exact) mass is 748 g/mol. The summed E-state index contributed by atoms with van der Waals surface area (Å²) in [4.78, 5) is 10.6. The van der Waals surface area contributed by atoms with Gasteiger partial charge in [-0.2, -0.15) is 0 Å². The number of benzene rings is 8. The van der Waals surface area contributed by atoms with Crippen molar-refractivity contribution < 1.29 is 4.42 Å². The highest BCUT2D eigenvalue weighted by Gasteiger charge is 2.26. The molecule has 12 rings (SSSR count). The minimum absolute atomic E-state index is 0.362. The summed E-state index contributed by atoms with van der Waals surface area (Å²) in [6.45, 7) is 0. The Labute approximate surface area is 331 Å². The van der Waals surface area contributed by atoms with Crippen LogP contribution >= 0.6 is 11.3 Å². The maximum Gasteiger partial charge on any atom is 0.163 e. The van der Waals surface area contributed by atoms with E-state index in [0.29, 0.717) is 5.84 Å². The lowest BCUT2D eigenvalue weighted by Crippen LogP contribution is -2.33. The van der Waals surface area contributed by atoms with E-state index in [1.54, 1.807) is 0 Å². The molecule has 57 heavy (non-hydrogen) atoms. The summed E-state index contributed by atoms with van der Waals surface area (Å²) < 4.78 is 11.4. The molecule has 0 radical (unpaired) electrons. The second-order valence-corrected chi connectivity index (χ2v) is 15.7. The van der Waals surface area contributed by atoms with Crippen molar-refractivity contribution in [3.63, 3.8) is 0 Å². The van der Waals surface area contributed by atoms with E-state index >= 15 is 0 Å². The normalized spacial score (nSPS) is 14.5. The topological polar surface area (TPSA) is 54.8 Å². The van der Waals surface area contributed by atoms with E-state index in [1.807, 2.05) is 29.5 Å². The third-order valence-electron chi connectivity index (χ3n) is 11.3. The smallest absolute Gasteiger partial charge is 0.163 e. The summed E-state index contributed by atoms with van der Waals surface area (Å²) >= 11 is 1.82. The SMILES string of the molecule is c1ccc(-c2ccc3c(c2)c2ccccc2n3-c2cc(C3=NC(c4cccc5c4oc4ccccc45)=NC(c4ccccc4)N3)cc3sc4ccccc4c23)cc1. The first-order chi connectivity index (χ1) is 28.2. The molecule has 1 unspecified atom stereocenters. The number of para-hydroxylation sites is 3. The largest absolute Gasteiger partial charge is 0.455 e. The highest BCUT2D eigenvalue weighted by atomic mass is 32.1. The molecular weight excluding hydrogens is 717 g/mol. The molecule has 4 heterocycles. The Morgan fingerprint density at radius 1 is 0.526 bits per heavy atom. The van der Waals surface area contributed by atoms with Gasteiger partial charge in [0.15, 0.2) is 5.84 Å². The fourth-order valence-corrected chi connectivity index (χ4v) is 9.80. The lowest BCUT2D eigenvalue weighted by Gasteiger charge is -2.24. The summed E-state index contributed by atoms with van der Waals surface area (Å²) in [5, 5.41) is 10.8. The van der Waals surface area contributed by atoms with Gasteiger partial charge in [-0.05, 0) is 65.2 Å². The fourth-order valence-electron chi connectivity index (χ4n) is 8.63. The lowest BCUT2D eigenvalue weighted by molar-refractivity contribution is 0.663. The molecule has 0 amide bonds. The standard InChI is InChI=1S/C51H32N4OS/c1-3-14-31(15-4-1)33-26-27-42-40(28-33)35-18-7-10-23-41(35)55(42)43-29-34(30-46-47(43)38-20-9-12-25-45(38)57-46)50-52-49(32-16-5-2-6-17-32)53-51(54-50)39-22-13-21-37-36-19-8-11-24-44(36)56-48(37)39/h1-30,49H,(H,52,53,54). The number of nitrogens with zero attached hydrogens (tertiary/aromatic N) is 3. The Morgan fingerprint density at radius 3 is 2.12 bits per heavy atom. The van der Waals surface area contributed by atoms with E-state index in [-0.39, 0.29) is 6.17 Å². The number of nitrogens with one attached hydrogen (secondary N) is 1. The highest BCUT2D eigenvalue weighted by molar-refractivity contribution is 7.26. The average molecular weight is 749 g/mol. The van der Waals surface area contributed by atoms with Crippen LogP contribution in [0.15, 0.2) is 196 Å². The van der Waals surface area contributed by atoms with Crippen LogP contribution in [0.5, 0.6) is 0 Å². The summed E-state index contributed by atoms with van der Waals surface area (Å²) in [6, 6.07) is 64.5. The number of furan rings is 1. The third kappa shape index (κ3) is 5.08. The summed E-state index contributed by atoms with van der Waals surface area (Å²) in [5.74, 6) is 1.39. The van der Waals surface area contributed by atoms with Gasteiger partial charge in [0.2, 0.25) is 0 Å². The Hall–Kier alpha value is -7.28. The van der Waals surface area contributed by atoms with E-state index in [1.165, 1.54) is 42.1 Å². The van der Waals surface area contributed by atoms with Gasteiger partial charge in [0.1, 0.15) is 23.2 Å². The summed E-state index contributed by atoms with van der Waals surface area (Å²) in [7, 11) is 0. The van der Waals surface area contributed by atoms with Gasteiger partial charge in [0.05, 0.1) is 22.3 Å². The van der Waals surface area contributed by atoms with E-state index in [9.17, 15) is 0 Å². The summed E-state index contributed by atoms with van der Waals surface area (Å²) in [5.41, 5.74) is 10.4. The molecule has 0 aliphatic carbocycles. The van der Waals surface area contributed by atoms with Crippen LogP contribution in [0.2, 0.25) is 0 Å². The van der Waals surface area contributed by atoms with Crippen LogP contribution in [-0.4, -0.2) is 16.2 Å². The zero-order valence-corrected chi connectivity index (χ0v) is 31.4. The zero-order valence-electron chi connectivity index (χ0n) is 30.6. The fraction of sp³-hybridized carbons (Fsp3) is 0.0196. The Kier molecular flexibility index (Phi) is 7.09. The van der Waals surface area contributed by atoms with Crippen LogP contribution < -0.4 is 5.32 Å². The second-order valence-electron chi connectivity index (χ2n) is 14.6. The van der Waals surface area contributed by atoms with Crippen LogP contribution in [-0.2, 0) is 0 Å². The van der Waals surface area contributed by atoms with Crippen molar-refractivity contribution in [1.29, 1.82) is 0 Å². The van der Waals surface area contributed by atoms with Crippen LogP contribution in [0.4, 0.5) is 0 Å². The molecule has 268 valence electrons. The molecule has 0 saturated heterocycles. The van der Waals surface area contributed by atoms with Crippen molar-refractivity contribution in [3.05, 3.63) is 199 Å². The predicted octanol–water partition coefficient (Wildman–Crippen LogP) is 13.2. The first-order valence-corrected chi connectivity index (χ1v) is 20.0. The van der Waals surface area contributed by atoms with Crippen molar-refractivity contribution in [3.8, 4) is 16.8 Å². The van der Waals surface area contributed by atoms with Crippen molar-refractivity contribution in [2.75, 3.05) is 0 Å². The number of fused-ring (bicyclic) bond motifs is 9. The molecule has 1 atom stereocenters. The number of aliphatic imine (C=N–C) groups is 2. The third-order valence-corrected chi connectivity index (χ3v) is 12.4. The Morgan fingerprint density at radius 2 is 1.25 bits per heavy atom. The van der Waals surface area contributed by atoms with Crippen molar-refractivity contribution >= 4 is 86.9 Å². The maximum absolute atomic E-state index is 6.52. The zero-order chi connectivity index (χ0) is 37.5. The van der Waals surface area contributed by atoms with E-state index in [2.05, 4.69) is 174 Å². The minimum Gasteiger partial charge on any atom is -0.455 e. The molecule has 1 aliphatic heterocycles. The van der Waals surface area contributed by atoms with Gasteiger partial charge in [-0.1, -0.05) is 133 Å². The van der Waals surface area contributed by atoms with Gasteiger partial charge in [0.25, 0.3) is 0 Å². The van der Waals surface area contributed by atoms with Gasteiger partial charge in [0, 0.05) is 47.3 Å². The van der Waals surface area contributed by atoms with Crippen LogP contribution in [0.3, 0.4) is 0 Å². The van der Waals surface area contributed by atoms with Gasteiger partial charge in [-0.25, -0.2) is 9.98 Å². The average Bonchev–Trinajstić information content (AvgIpc) is 3.96. The minimum atomic E-state index is -0.362. The maximum atomic E-state index is 6.52. The van der Waals surface area contributed by atoms with Crippen LogP contribution in [0.25, 0.3) is 80.7 Å². The van der Waals surface area contributed by atoms with Crippen LogP contribution in [0, 0.1) is 0 Å². The van der Waals surface area contributed by atoms with Gasteiger partial charge >= 0.3 is 0 Å². The summed E-state index contributed by atoms with van der Waals surface area (Å²) in [6.07, 6.45) is -0.362. The molecule has 0 spiro atoms. The first kappa shape index (κ1) is 32.0. The first-order valence-electron chi connectivity index (χ1n) is 19.2. The van der Waals surface area contributed by atoms with Crippen molar-refractivity contribution in [1.82, 2.24) is 9.88 Å². The quantitative estimate of drug-likeness (QED) is 0.191. The van der Waals surface area contributed by atoms with Crippen molar-refractivity contribution in [2.24, 2.45) is 9.98 Å². The lowest BCUT2D eigenvalue weighted by atomic mass is 10.0. The second kappa shape index (κ2) is 12.6. The predicted molar refractivity (Wildman–Crippen MR) is 238 cm³/mol. The molecule has 1 N–H and O–H groups in total. The number of hydrogen-bond donors (Lipinski definition) is 1.